The van der Waals surface area contributed by atoms with Gasteiger partial charge in [-0.3, -0.25) is 4.79 Å². The highest BCUT2D eigenvalue weighted by Crippen LogP contribution is 2.42. The number of piperazine rings is 1. The van der Waals surface area contributed by atoms with Crippen molar-refractivity contribution in [3.63, 3.8) is 0 Å². The van der Waals surface area contributed by atoms with E-state index in [1.807, 2.05) is 23.1 Å². The second-order valence-electron chi connectivity index (χ2n) is 9.47. The number of aliphatic hydroxyl groups is 1. The molecule has 1 aliphatic carbocycles. The number of benzene rings is 1. The molecule has 0 bridgehead atoms. The number of hydrogen-bond acceptors (Lipinski definition) is 7. The van der Waals surface area contributed by atoms with E-state index in [4.69, 9.17) is 4.74 Å². The van der Waals surface area contributed by atoms with E-state index < -0.39 is 6.10 Å². The number of aliphatic hydroxyl groups excluding tert-OH is 1. The Bertz CT molecular complexity index is 1030. The van der Waals surface area contributed by atoms with E-state index in [1.54, 1.807) is 13.4 Å². The van der Waals surface area contributed by atoms with Crippen molar-refractivity contribution in [2.24, 2.45) is 0 Å². The van der Waals surface area contributed by atoms with Gasteiger partial charge in [0.1, 0.15) is 17.9 Å². The molecule has 3 atom stereocenters. The molecule has 1 amide bonds. The van der Waals surface area contributed by atoms with Gasteiger partial charge in [0, 0.05) is 44.3 Å². The molecule has 34 heavy (non-hydrogen) atoms. The van der Waals surface area contributed by atoms with E-state index in [-0.39, 0.29) is 23.8 Å². The highest BCUT2D eigenvalue weighted by atomic mass is 79.9. The number of aromatic nitrogens is 2. The number of amides is 1. The van der Waals surface area contributed by atoms with Gasteiger partial charge in [-0.2, -0.15) is 0 Å². The lowest BCUT2D eigenvalue weighted by atomic mass is 9.96. The van der Waals surface area contributed by atoms with Gasteiger partial charge < -0.3 is 25.0 Å². The zero-order chi connectivity index (χ0) is 24.4. The Morgan fingerprint density at radius 1 is 1.26 bits per heavy atom. The highest BCUT2D eigenvalue weighted by Gasteiger charge is 2.35. The van der Waals surface area contributed by atoms with Crippen molar-refractivity contribution in [1.29, 1.82) is 0 Å². The lowest BCUT2D eigenvalue weighted by molar-refractivity contribution is -0.133. The summed E-state index contributed by atoms with van der Waals surface area (Å²) in [4.78, 5) is 26.7. The third-order valence-electron chi connectivity index (χ3n) is 6.78. The van der Waals surface area contributed by atoms with Gasteiger partial charge in [0.15, 0.2) is 0 Å². The van der Waals surface area contributed by atoms with Gasteiger partial charge >= 0.3 is 0 Å². The topological polar surface area (TPSA) is 90.8 Å². The minimum atomic E-state index is -0.521. The number of hydrogen-bond donors (Lipinski definition) is 2. The summed E-state index contributed by atoms with van der Waals surface area (Å²) in [5.74, 6) is 1.72. The molecule has 4 rings (SSSR count). The van der Waals surface area contributed by atoms with E-state index in [9.17, 15) is 9.90 Å². The Hall–Kier alpha value is -2.23. The average Bonchev–Trinajstić information content (AvgIpc) is 3.12. The fraction of sp³-hybridized carbons (Fsp3) is 0.560. The van der Waals surface area contributed by atoms with Crippen molar-refractivity contribution in [3.05, 3.63) is 45.8 Å². The summed E-state index contributed by atoms with van der Waals surface area (Å²) in [6.45, 7) is 9.52. The summed E-state index contributed by atoms with van der Waals surface area (Å²) in [6, 6.07) is 6.14. The summed E-state index contributed by atoms with van der Waals surface area (Å²) in [6.07, 6.45) is 1.71. The number of anilines is 1. The number of nitrogens with one attached hydrogen (secondary N) is 1. The van der Waals surface area contributed by atoms with E-state index in [0.29, 0.717) is 39.1 Å². The number of ether oxygens (including phenoxy) is 1. The van der Waals surface area contributed by atoms with Crippen LogP contribution >= 0.6 is 15.9 Å². The molecule has 1 fully saturated rings. The maximum Gasteiger partial charge on any atom is 0.231 e. The third-order valence-corrected chi connectivity index (χ3v) is 7.40. The zero-order valence-electron chi connectivity index (χ0n) is 20.3. The van der Waals surface area contributed by atoms with Crippen LogP contribution in [0.4, 0.5) is 5.82 Å². The lowest BCUT2D eigenvalue weighted by Crippen LogP contribution is -2.51. The van der Waals surface area contributed by atoms with Gasteiger partial charge in [-0.15, -0.1) is 0 Å². The number of nitrogens with zero attached hydrogens (tertiary/aromatic N) is 4. The minimum absolute atomic E-state index is 0.126. The molecule has 9 heteroatoms. The molecule has 0 radical (unpaired) electrons. The van der Waals surface area contributed by atoms with Crippen LogP contribution in [0.1, 0.15) is 62.0 Å². The van der Waals surface area contributed by atoms with Crippen LogP contribution in [0.3, 0.4) is 0 Å². The van der Waals surface area contributed by atoms with Crippen molar-refractivity contribution in [2.45, 2.75) is 51.2 Å². The summed E-state index contributed by atoms with van der Waals surface area (Å²) in [5, 5.41) is 13.8. The van der Waals surface area contributed by atoms with Crippen LogP contribution in [0, 0.1) is 0 Å². The first-order valence-corrected chi connectivity index (χ1v) is 12.7. The maximum absolute atomic E-state index is 13.7. The van der Waals surface area contributed by atoms with Crippen LogP contribution < -0.4 is 15.0 Å². The van der Waals surface area contributed by atoms with Crippen LogP contribution in [0.2, 0.25) is 0 Å². The smallest absolute Gasteiger partial charge is 0.231 e. The van der Waals surface area contributed by atoms with E-state index in [1.165, 1.54) is 0 Å². The Labute approximate surface area is 209 Å². The number of carbonyl (C=O) groups excluding carboxylic acids is 1. The molecule has 8 nitrogen and oxygen atoms in total. The molecule has 184 valence electrons. The van der Waals surface area contributed by atoms with Crippen LogP contribution in [0.5, 0.6) is 5.75 Å². The number of halogens is 1. The second-order valence-corrected chi connectivity index (χ2v) is 10.3. The molecule has 1 aromatic carbocycles. The second kappa shape index (κ2) is 10.6. The zero-order valence-corrected chi connectivity index (χ0v) is 21.9. The first kappa shape index (κ1) is 24.9. The van der Waals surface area contributed by atoms with Crippen LogP contribution in [-0.2, 0) is 4.79 Å². The Kier molecular flexibility index (Phi) is 7.74. The van der Waals surface area contributed by atoms with Crippen molar-refractivity contribution in [2.75, 3.05) is 44.7 Å². The van der Waals surface area contributed by atoms with E-state index >= 15 is 0 Å². The van der Waals surface area contributed by atoms with Gasteiger partial charge in [-0.25, -0.2) is 9.97 Å². The molecule has 2 aliphatic rings. The van der Waals surface area contributed by atoms with Crippen molar-refractivity contribution in [3.8, 4) is 5.75 Å². The molecule has 0 saturated carbocycles. The largest absolute Gasteiger partial charge is 0.496 e. The Morgan fingerprint density at radius 2 is 2.00 bits per heavy atom. The monoisotopic (exact) mass is 531 g/mol. The van der Waals surface area contributed by atoms with E-state index in [0.717, 1.165) is 32.9 Å². The fourth-order valence-corrected chi connectivity index (χ4v) is 5.47. The number of rotatable bonds is 7. The SMILES string of the molecule is COc1ccc([C@@H](CNC(C)C)C(=O)N2CCN(c3ncnc4c3[C@H](C)C[C@H]4O)CC2)cc1Br. The number of fused-ring (bicyclic) bond motifs is 1. The van der Waals surface area contributed by atoms with Crippen molar-refractivity contribution in [1.82, 2.24) is 20.2 Å². The molecule has 1 aliphatic heterocycles. The summed E-state index contributed by atoms with van der Waals surface area (Å²) >= 11 is 3.56. The van der Waals surface area contributed by atoms with Gasteiger partial charge in [0.2, 0.25) is 5.91 Å². The molecule has 2 aromatic rings. The molecule has 0 spiro atoms. The Balaban J connectivity index is 1.49. The summed E-state index contributed by atoms with van der Waals surface area (Å²) < 4.78 is 6.21. The van der Waals surface area contributed by atoms with Crippen molar-refractivity contribution >= 4 is 27.7 Å². The van der Waals surface area contributed by atoms with Gasteiger partial charge in [-0.05, 0) is 46.0 Å². The molecule has 1 aromatic heterocycles. The molecule has 1 saturated heterocycles. The normalized spacial score (nSPS) is 21.0. The van der Waals surface area contributed by atoms with Gasteiger partial charge in [0.25, 0.3) is 0 Å². The molecule has 0 unspecified atom stereocenters. The number of methoxy groups -OCH3 is 1. The molecule has 2 heterocycles. The maximum atomic E-state index is 13.7. The molecule has 2 N–H and O–H groups in total. The molecular formula is C25H34BrN5O3. The summed E-state index contributed by atoms with van der Waals surface area (Å²) in [7, 11) is 1.64. The predicted molar refractivity (Wildman–Crippen MR) is 135 cm³/mol. The summed E-state index contributed by atoms with van der Waals surface area (Å²) in [5.41, 5.74) is 2.77. The van der Waals surface area contributed by atoms with Crippen LogP contribution in [0.15, 0.2) is 29.0 Å². The van der Waals surface area contributed by atoms with Crippen molar-refractivity contribution < 1.29 is 14.6 Å². The van der Waals surface area contributed by atoms with E-state index in [2.05, 4.69) is 56.9 Å². The van der Waals surface area contributed by atoms with Gasteiger partial charge in [-0.1, -0.05) is 26.8 Å². The quantitative estimate of drug-likeness (QED) is 0.566. The van der Waals surface area contributed by atoms with Crippen LogP contribution in [-0.4, -0.2) is 71.8 Å². The minimum Gasteiger partial charge on any atom is -0.496 e. The first-order chi connectivity index (χ1) is 16.3. The highest BCUT2D eigenvalue weighted by molar-refractivity contribution is 9.10. The first-order valence-electron chi connectivity index (χ1n) is 11.9. The fourth-order valence-electron chi connectivity index (χ4n) is 4.91. The Morgan fingerprint density at radius 3 is 2.65 bits per heavy atom. The molecular weight excluding hydrogens is 498 g/mol. The van der Waals surface area contributed by atoms with Gasteiger partial charge in [0.05, 0.1) is 29.3 Å². The predicted octanol–water partition coefficient (Wildman–Crippen LogP) is 3.22. The lowest BCUT2D eigenvalue weighted by Gasteiger charge is -2.38. The average molecular weight is 532 g/mol. The standard InChI is InChI=1S/C25H34BrN5O3/c1-15(2)27-13-18(17-5-6-21(34-4)19(26)12-17)25(33)31-9-7-30(8-10-31)24-22-16(3)11-20(32)23(22)28-14-29-24/h5-6,12,14-16,18,20,27,32H,7-11,13H2,1-4H3/t16-,18-,20-/m1/s1. The third kappa shape index (κ3) is 5.06. The van der Waals surface area contributed by atoms with Crippen LogP contribution in [0.25, 0.3) is 0 Å². The number of carbonyl (C=O) groups is 1.